The maximum atomic E-state index is 10.5. The Hall–Kier alpha value is -1.54. The van der Waals surface area contributed by atoms with E-state index in [0.29, 0.717) is 18.5 Å². The molecule has 2 N–H and O–H groups in total. The summed E-state index contributed by atoms with van der Waals surface area (Å²) in [5, 5.41) is 20.8. The molecule has 0 heterocycles. The van der Waals surface area contributed by atoms with Crippen molar-refractivity contribution in [1.82, 2.24) is 0 Å². The lowest BCUT2D eigenvalue weighted by molar-refractivity contribution is -0.137. The second-order valence-corrected chi connectivity index (χ2v) is 5.05. The molecule has 0 fully saturated rings. The summed E-state index contributed by atoms with van der Waals surface area (Å²) < 4.78 is 0.758. The summed E-state index contributed by atoms with van der Waals surface area (Å²) >= 11 is 3.32. The Bertz CT molecular complexity index is 469. The second kappa shape index (κ2) is 7.02. The third-order valence-electron chi connectivity index (χ3n) is 2.62. The summed E-state index contributed by atoms with van der Waals surface area (Å²) in [6.07, 6.45) is 0.796. The predicted molar refractivity (Wildman–Crippen MR) is 73.4 cm³/mol. The summed E-state index contributed by atoms with van der Waals surface area (Å²) in [6.45, 7) is 2.64. The molecule has 0 saturated heterocycles. The molecule has 0 radical (unpaired) electrons. The average Bonchev–Trinajstić information content (AvgIpc) is 2.33. The number of hydrogen-bond acceptors (Lipinski definition) is 3. The van der Waals surface area contributed by atoms with E-state index in [1.54, 1.807) is 0 Å². The van der Waals surface area contributed by atoms with E-state index in [1.165, 1.54) is 0 Å². The number of halogens is 1. The van der Waals surface area contributed by atoms with Crippen LogP contribution in [0, 0.1) is 17.2 Å². The van der Waals surface area contributed by atoms with Gasteiger partial charge in [0.1, 0.15) is 6.07 Å². The fourth-order valence-corrected chi connectivity index (χ4v) is 2.00. The minimum Gasteiger partial charge on any atom is -0.481 e. The summed E-state index contributed by atoms with van der Waals surface area (Å²) in [7, 11) is 0. The van der Waals surface area contributed by atoms with Gasteiger partial charge in [-0.25, -0.2) is 0 Å². The summed E-state index contributed by atoms with van der Waals surface area (Å²) in [5.74, 6) is -0.534. The minimum atomic E-state index is -0.776. The Kier molecular flexibility index (Phi) is 5.66. The molecule has 18 heavy (non-hydrogen) atoms. The monoisotopic (exact) mass is 310 g/mol. The number of aliphatic carboxylic acids is 1. The zero-order chi connectivity index (χ0) is 13.5. The van der Waals surface area contributed by atoms with E-state index in [9.17, 15) is 4.79 Å². The maximum absolute atomic E-state index is 10.5. The van der Waals surface area contributed by atoms with Crippen molar-refractivity contribution in [2.45, 2.75) is 19.8 Å². The molecule has 1 aromatic carbocycles. The summed E-state index contributed by atoms with van der Waals surface area (Å²) in [4.78, 5) is 10.5. The molecule has 0 aliphatic heterocycles. The number of hydrogen-bond donors (Lipinski definition) is 2. The van der Waals surface area contributed by atoms with Crippen molar-refractivity contribution in [2.24, 2.45) is 5.92 Å². The molecular weight excluding hydrogens is 296 g/mol. The lowest BCUT2D eigenvalue weighted by atomic mass is 10.1. The molecule has 4 nitrogen and oxygen atoms in total. The first kappa shape index (κ1) is 14.5. The van der Waals surface area contributed by atoms with Gasteiger partial charge in [-0.05, 0) is 40.4 Å². The zero-order valence-corrected chi connectivity index (χ0v) is 11.7. The van der Waals surface area contributed by atoms with Crippen LogP contribution >= 0.6 is 15.9 Å². The first-order valence-electron chi connectivity index (χ1n) is 5.69. The molecule has 0 aromatic heterocycles. The molecule has 96 valence electrons. The van der Waals surface area contributed by atoms with Crippen LogP contribution in [0.3, 0.4) is 0 Å². The highest BCUT2D eigenvalue weighted by atomic mass is 79.9. The quantitative estimate of drug-likeness (QED) is 0.846. The van der Waals surface area contributed by atoms with Crippen molar-refractivity contribution in [3.8, 4) is 6.07 Å². The molecule has 1 unspecified atom stereocenters. The Balaban J connectivity index is 2.56. The van der Waals surface area contributed by atoms with Crippen LogP contribution in [-0.2, 0) is 4.79 Å². The van der Waals surface area contributed by atoms with Gasteiger partial charge < -0.3 is 10.4 Å². The van der Waals surface area contributed by atoms with E-state index in [4.69, 9.17) is 10.4 Å². The van der Waals surface area contributed by atoms with E-state index < -0.39 is 5.97 Å². The highest BCUT2D eigenvalue weighted by molar-refractivity contribution is 9.10. The third-order valence-corrected chi connectivity index (χ3v) is 3.28. The first-order chi connectivity index (χ1) is 8.54. The third kappa shape index (κ3) is 4.38. The van der Waals surface area contributed by atoms with E-state index in [2.05, 4.69) is 27.3 Å². The molecular formula is C13H15BrN2O2. The standard InChI is InChI=1S/C13H15BrN2O2/c1-9(5-6-13(17)18)8-16-12-4-2-3-11(14)10(12)7-15/h2-4,9,16H,5-6,8H2,1H3,(H,17,18). The van der Waals surface area contributed by atoms with Crippen molar-refractivity contribution in [3.63, 3.8) is 0 Å². The van der Waals surface area contributed by atoms with Gasteiger partial charge in [0.15, 0.2) is 0 Å². The zero-order valence-electron chi connectivity index (χ0n) is 10.1. The maximum Gasteiger partial charge on any atom is 0.303 e. The number of nitriles is 1. The van der Waals surface area contributed by atoms with Crippen molar-refractivity contribution in [2.75, 3.05) is 11.9 Å². The van der Waals surface area contributed by atoms with Crippen molar-refractivity contribution in [3.05, 3.63) is 28.2 Å². The Labute approximate surface area is 115 Å². The van der Waals surface area contributed by atoms with Crippen LogP contribution in [-0.4, -0.2) is 17.6 Å². The Morgan fingerprint density at radius 1 is 1.61 bits per heavy atom. The lowest BCUT2D eigenvalue weighted by Crippen LogP contribution is -2.13. The smallest absolute Gasteiger partial charge is 0.303 e. The molecule has 1 aromatic rings. The number of carboxylic acid groups (broad SMARTS) is 1. The number of rotatable bonds is 6. The van der Waals surface area contributed by atoms with Gasteiger partial charge in [0.25, 0.3) is 0 Å². The number of nitrogens with one attached hydrogen (secondary N) is 1. The molecule has 0 aliphatic rings. The van der Waals surface area contributed by atoms with Gasteiger partial charge in [0, 0.05) is 17.4 Å². The van der Waals surface area contributed by atoms with E-state index in [-0.39, 0.29) is 12.3 Å². The molecule has 0 amide bonds. The van der Waals surface area contributed by atoms with Crippen LogP contribution in [0.1, 0.15) is 25.3 Å². The van der Waals surface area contributed by atoms with Gasteiger partial charge in [0.05, 0.1) is 11.3 Å². The van der Waals surface area contributed by atoms with E-state index in [0.717, 1.165) is 10.2 Å². The highest BCUT2D eigenvalue weighted by Gasteiger charge is 2.08. The second-order valence-electron chi connectivity index (χ2n) is 4.19. The number of anilines is 1. The Morgan fingerprint density at radius 3 is 2.94 bits per heavy atom. The average molecular weight is 311 g/mol. The first-order valence-corrected chi connectivity index (χ1v) is 6.48. The predicted octanol–water partition coefficient (Wildman–Crippen LogP) is 3.23. The molecule has 1 rings (SSSR count). The number of carboxylic acids is 1. The number of nitrogens with zero attached hydrogens (tertiary/aromatic N) is 1. The SMILES string of the molecule is CC(CCC(=O)O)CNc1cccc(Br)c1C#N. The molecule has 0 spiro atoms. The van der Waals surface area contributed by atoms with Gasteiger partial charge in [-0.2, -0.15) is 5.26 Å². The molecule has 1 atom stereocenters. The van der Waals surface area contributed by atoms with Crippen LogP contribution in [0.15, 0.2) is 22.7 Å². The molecule has 5 heteroatoms. The molecule has 0 aliphatic carbocycles. The number of benzene rings is 1. The minimum absolute atomic E-state index is 0.173. The number of carbonyl (C=O) groups is 1. The summed E-state index contributed by atoms with van der Waals surface area (Å²) in [6, 6.07) is 7.65. The van der Waals surface area contributed by atoms with E-state index >= 15 is 0 Å². The van der Waals surface area contributed by atoms with Gasteiger partial charge in [-0.3, -0.25) is 4.79 Å². The van der Waals surface area contributed by atoms with Crippen LogP contribution < -0.4 is 5.32 Å². The van der Waals surface area contributed by atoms with Gasteiger partial charge >= 0.3 is 5.97 Å². The topological polar surface area (TPSA) is 73.1 Å². The Morgan fingerprint density at radius 2 is 2.33 bits per heavy atom. The fourth-order valence-electron chi connectivity index (χ4n) is 1.54. The van der Waals surface area contributed by atoms with Crippen molar-refractivity contribution in [1.29, 1.82) is 5.26 Å². The van der Waals surface area contributed by atoms with Crippen LogP contribution in [0.4, 0.5) is 5.69 Å². The largest absolute Gasteiger partial charge is 0.481 e. The van der Waals surface area contributed by atoms with Gasteiger partial charge in [0.2, 0.25) is 0 Å². The van der Waals surface area contributed by atoms with Crippen LogP contribution in [0.2, 0.25) is 0 Å². The fraction of sp³-hybridized carbons (Fsp3) is 0.385. The van der Waals surface area contributed by atoms with Crippen molar-refractivity contribution >= 4 is 27.6 Å². The van der Waals surface area contributed by atoms with Crippen LogP contribution in [0.5, 0.6) is 0 Å². The molecule has 0 bridgehead atoms. The van der Waals surface area contributed by atoms with Gasteiger partial charge in [-0.15, -0.1) is 0 Å². The summed E-state index contributed by atoms with van der Waals surface area (Å²) in [5.41, 5.74) is 1.34. The van der Waals surface area contributed by atoms with Gasteiger partial charge in [-0.1, -0.05) is 13.0 Å². The van der Waals surface area contributed by atoms with Crippen LogP contribution in [0.25, 0.3) is 0 Å². The van der Waals surface area contributed by atoms with E-state index in [1.807, 2.05) is 25.1 Å². The lowest BCUT2D eigenvalue weighted by Gasteiger charge is -2.14. The van der Waals surface area contributed by atoms with Crippen molar-refractivity contribution < 1.29 is 9.90 Å². The normalized spacial score (nSPS) is 11.6. The molecule has 0 saturated carbocycles. The highest BCUT2D eigenvalue weighted by Crippen LogP contribution is 2.24.